The maximum Gasteiger partial charge on any atom is 0.244 e. The van der Waals surface area contributed by atoms with Crippen LogP contribution >= 0.6 is 0 Å². The molecule has 1 heterocycles. The van der Waals surface area contributed by atoms with E-state index in [1.54, 1.807) is 30.5 Å². The molecular weight excluding hydrogens is 390 g/mol. The van der Waals surface area contributed by atoms with E-state index in [0.717, 1.165) is 12.8 Å². The first-order valence-corrected chi connectivity index (χ1v) is 11.6. The average molecular weight is 420 g/mol. The molecule has 0 aliphatic heterocycles. The van der Waals surface area contributed by atoms with E-state index in [1.165, 1.54) is 17.1 Å². The van der Waals surface area contributed by atoms with Crippen molar-refractivity contribution >= 4 is 27.4 Å². The fourth-order valence-electron chi connectivity index (χ4n) is 3.68. The number of nitrogens with zero attached hydrogens (tertiary/aromatic N) is 3. The van der Waals surface area contributed by atoms with Crippen LogP contribution in [0.2, 0.25) is 0 Å². The van der Waals surface area contributed by atoms with E-state index in [9.17, 15) is 13.2 Å². The van der Waals surface area contributed by atoms with Gasteiger partial charge in [0.1, 0.15) is 5.82 Å². The minimum absolute atomic E-state index is 0.0813. The van der Waals surface area contributed by atoms with E-state index < -0.39 is 10.0 Å². The molecule has 1 aromatic carbocycles. The van der Waals surface area contributed by atoms with Gasteiger partial charge in [0, 0.05) is 24.8 Å². The zero-order chi connectivity index (χ0) is 20.9. The van der Waals surface area contributed by atoms with Crippen LogP contribution in [0, 0.1) is 0 Å². The molecule has 0 bridgehead atoms. The lowest BCUT2D eigenvalue weighted by atomic mass is 10.2. The molecule has 8 nitrogen and oxygen atoms in total. The van der Waals surface area contributed by atoms with Crippen molar-refractivity contribution < 1.29 is 13.2 Å². The Balaban J connectivity index is 1.57. The summed E-state index contributed by atoms with van der Waals surface area (Å²) in [6.07, 6.45) is 6.27. The third-order valence-electron chi connectivity index (χ3n) is 5.26. The number of anilines is 2. The minimum atomic E-state index is -3.48. The van der Waals surface area contributed by atoms with Crippen LogP contribution in [0.1, 0.15) is 45.6 Å². The van der Waals surface area contributed by atoms with Gasteiger partial charge < -0.3 is 10.6 Å². The van der Waals surface area contributed by atoms with E-state index in [4.69, 9.17) is 0 Å². The Labute approximate surface area is 172 Å². The van der Waals surface area contributed by atoms with E-state index >= 15 is 0 Å². The van der Waals surface area contributed by atoms with Crippen molar-refractivity contribution in [3.63, 3.8) is 0 Å². The number of benzene rings is 1. The summed E-state index contributed by atoms with van der Waals surface area (Å²) in [7, 11) is -3.48. The van der Waals surface area contributed by atoms with Crippen LogP contribution in [0.15, 0.2) is 41.4 Å². The summed E-state index contributed by atoms with van der Waals surface area (Å²) in [6, 6.07) is 8.63. The number of aromatic nitrogens is 2. The number of nitrogens with one attached hydrogen (secondary N) is 2. The Morgan fingerprint density at radius 1 is 1.14 bits per heavy atom. The SMILES string of the molecule is CCN(CC)S(=O)(=O)c1ccc(NCC(=O)Nc2ccnn2C2CCCC2)cc1. The number of sulfonamides is 1. The van der Waals surface area contributed by atoms with Gasteiger partial charge in [-0.1, -0.05) is 26.7 Å². The van der Waals surface area contributed by atoms with Gasteiger partial charge in [-0.25, -0.2) is 13.1 Å². The molecule has 2 aromatic rings. The Hall–Kier alpha value is -2.39. The third-order valence-corrected chi connectivity index (χ3v) is 7.32. The monoisotopic (exact) mass is 419 g/mol. The van der Waals surface area contributed by atoms with Crippen LogP contribution in [-0.4, -0.2) is 48.0 Å². The van der Waals surface area contributed by atoms with Crippen LogP contribution < -0.4 is 10.6 Å². The van der Waals surface area contributed by atoms with Crippen molar-refractivity contribution in [2.75, 3.05) is 30.3 Å². The highest BCUT2D eigenvalue weighted by atomic mass is 32.2. The van der Waals surface area contributed by atoms with Gasteiger partial charge >= 0.3 is 0 Å². The van der Waals surface area contributed by atoms with Crippen LogP contribution in [0.3, 0.4) is 0 Å². The second-order valence-corrected chi connectivity index (χ2v) is 9.05. The molecule has 158 valence electrons. The fourth-order valence-corrected chi connectivity index (χ4v) is 5.14. The van der Waals surface area contributed by atoms with Gasteiger partial charge in [0.2, 0.25) is 15.9 Å². The highest BCUT2D eigenvalue weighted by molar-refractivity contribution is 7.89. The van der Waals surface area contributed by atoms with Crippen molar-refractivity contribution in [1.82, 2.24) is 14.1 Å². The van der Waals surface area contributed by atoms with Crippen molar-refractivity contribution in [2.24, 2.45) is 0 Å². The van der Waals surface area contributed by atoms with Crippen molar-refractivity contribution in [2.45, 2.75) is 50.5 Å². The Morgan fingerprint density at radius 2 is 1.79 bits per heavy atom. The Kier molecular flexibility index (Phi) is 6.92. The lowest BCUT2D eigenvalue weighted by Crippen LogP contribution is -2.30. The molecule has 9 heteroatoms. The predicted octanol–water partition coefficient (Wildman–Crippen LogP) is 3.08. The lowest BCUT2D eigenvalue weighted by Gasteiger charge is -2.18. The largest absolute Gasteiger partial charge is 0.376 e. The first kappa shape index (κ1) is 21.3. The fraction of sp³-hybridized carbons (Fsp3) is 0.500. The molecule has 1 aromatic heterocycles. The Morgan fingerprint density at radius 3 is 2.41 bits per heavy atom. The third kappa shape index (κ3) is 4.97. The highest BCUT2D eigenvalue weighted by Gasteiger charge is 2.22. The van der Waals surface area contributed by atoms with Gasteiger partial charge in [-0.05, 0) is 37.1 Å². The van der Waals surface area contributed by atoms with Crippen LogP contribution in [0.5, 0.6) is 0 Å². The number of hydrogen-bond acceptors (Lipinski definition) is 5. The van der Waals surface area contributed by atoms with Crippen molar-refractivity contribution in [1.29, 1.82) is 0 Å². The number of hydrogen-bond donors (Lipinski definition) is 2. The predicted molar refractivity (Wildman–Crippen MR) is 113 cm³/mol. The van der Waals surface area contributed by atoms with Crippen LogP contribution in [0.25, 0.3) is 0 Å². The lowest BCUT2D eigenvalue weighted by molar-refractivity contribution is -0.114. The summed E-state index contributed by atoms with van der Waals surface area (Å²) in [6.45, 7) is 4.56. The van der Waals surface area contributed by atoms with Crippen LogP contribution in [-0.2, 0) is 14.8 Å². The molecule has 0 radical (unpaired) electrons. The van der Waals surface area contributed by atoms with Gasteiger partial charge in [-0.15, -0.1) is 0 Å². The number of amides is 1. The molecule has 1 saturated carbocycles. The first-order valence-electron chi connectivity index (χ1n) is 10.1. The molecule has 0 unspecified atom stereocenters. The summed E-state index contributed by atoms with van der Waals surface area (Å²) in [4.78, 5) is 12.6. The van der Waals surface area contributed by atoms with E-state index in [1.807, 2.05) is 24.6 Å². The van der Waals surface area contributed by atoms with Crippen molar-refractivity contribution in [3.8, 4) is 0 Å². The molecule has 1 aliphatic rings. The summed E-state index contributed by atoms with van der Waals surface area (Å²) in [5.41, 5.74) is 0.683. The van der Waals surface area contributed by atoms with Gasteiger partial charge in [0.25, 0.3) is 0 Å². The van der Waals surface area contributed by atoms with E-state index in [2.05, 4.69) is 15.7 Å². The molecule has 1 aliphatic carbocycles. The average Bonchev–Trinajstić information content (AvgIpc) is 3.39. The second-order valence-electron chi connectivity index (χ2n) is 7.11. The molecular formula is C20H29N5O3S. The highest BCUT2D eigenvalue weighted by Crippen LogP contribution is 2.31. The quantitative estimate of drug-likeness (QED) is 0.651. The summed E-state index contributed by atoms with van der Waals surface area (Å²) < 4.78 is 28.4. The molecule has 0 atom stereocenters. The minimum Gasteiger partial charge on any atom is -0.376 e. The maximum absolute atomic E-state index is 12.5. The summed E-state index contributed by atoms with van der Waals surface area (Å²) in [5, 5.41) is 10.3. The number of rotatable bonds is 9. The number of carbonyl (C=O) groups excluding carboxylic acids is 1. The smallest absolute Gasteiger partial charge is 0.244 e. The molecule has 0 spiro atoms. The second kappa shape index (κ2) is 9.41. The maximum atomic E-state index is 12.5. The Bertz CT molecular complexity index is 914. The summed E-state index contributed by atoms with van der Waals surface area (Å²) >= 11 is 0. The van der Waals surface area contributed by atoms with Gasteiger partial charge in [-0.2, -0.15) is 9.40 Å². The molecule has 0 saturated heterocycles. The molecule has 1 fully saturated rings. The first-order chi connectivity index (χ1) is 14.0. The molecule has 29 heavy (non-hydrogen) atoms. The normalized spacial score (nSPS) is 15.0. The standard InChI is InChI=1S/C20H29N5O3S/c1-3-24(4-2)29(27,28)18-11-9-16(10-12-18)21-15-20(26)23-19-13-14-22-25(19)17-7-5-6-8-17/h9-14,17,21H,3-8,15H2,1-2H3,(H,23,26). The zero-order valence-corrected chi connectivity index (χ0v) is 17.8. The van der Waals surface area contributed by atoms with E-state index in [0.29, 0.717) is 30.6 Å². The number of carbonyl (C=O) groups is 1. The van der Waals surface area contributed by atoms with Gasteiger partial charge in [0.05, 0.1) is 23.7 Å². The van der Waals surface area contributed by atoms with Gasteiger partial charge in [-0.3, -0.25) is 4.79 Å². The van der Waals surface area contributed by atoms with Gasteiger partial charge in [0.15, 0.2) is 0 Å². The summed E-state index contributed by atoms with van der Waals surface area (Å²) in [5.74, 6) is 0.536. The molecule has 2 N–H and O–H groups in total. The van der Waals surface area contributed by atoms with Crippen molar-refractivity contribution in [3.05, 3.63) is 36.5 Å². The molecule has 1 amide bonds. The topological polar surface area (TPSA) is 96.3 Å². The van der Waals surface area contributed by atoms with Crippen LogP contribution in [0.4, 0.5) is 11.5 Å². The zero-order valence-electron chi connectivity index (χ0n) is 17.0. The van der Waals surface area contributed by atoms with E-state index in [-0.39, 0.29) is 17.3 Å². The molecule has 3 rings (SSSR count).